The van der Waals surface area contributed by atoms with Crippen LogP contribution in [-0.4, -0.2) is 46.5 Å². The van der Waals surface area contributed by atoms with Crippen LogP contribution in [0, 0.1) is 0 Å². The second-order valence-electron chi connectivity index (χ2n) is 7.72. The van der Waals surface area contributed by atoms with E-state index in [-0.39, 0.29) is 35.1 Å². The highest BCUT2D eigenvalue weighted by molar-refractivity contribution is 7.92. The minimum absolute atomic E-state index is 0.0192. The number of carbonyl (C=O) groups is 2. The van der Waals surface area contributed by atoms with E-state index in [0.717, 1.165) is 0 Å². The van der Waals surface area contributed by atoms with Crippen molar-refractivity contribution in [3.63, 3.8) is 0 Å². The van der Waals surface area contributed by atoms with Gasteiger partial charge in [0.15, 0.2) is 11.5 Å². The number of nitrogens with one attached hydrogen (secondary N) is 3. The van der Waals surface area contributed by atoms with Gasteiger partial charge >= 0.3 is 0 Å². The van der Waals surface area contributed by atoms with Gasteiger partial charge in [0, 0.05) is 42.4 Å². The van der Waals surface area contributed by atoms with Gasteiger partial charge in [-0.2, -0.15) is 0 Å². The summed E-state index contributed by atoms with van der Waals surface area (Å²) in [5, 5.41) is 5.43. The Balaban J connectivity index is 1.34. The van der Waals surface area contributed by atoms with Crippen LogP contribution >= 0.6 is 0 Å². The Morgan fingerprint density at radius 2 is 1.40 bits per heavy atom. The van der Waals surface area contributed by atoms with E-state index in [2.05, 4.69) is 15.4 Å². The minimum Gasteiger partial charge on any atom is -0.490 e. The maximum atomic E-state index is 12.9. The molecule has 0 aliphatic carbocycles. The van der Waals surface area contributed by atoms with Gasteiger partial charge in [0.1, 0.15) is 0 Å². The van der Waals surface area contributed by atoms with Crippen LogP contribution < -0.4 is 24.8 Å². The first-order valence-electron chi connectivity index (χ1n) is 11.1. The van der Waals surface area contributed by atoms with Crippen LogP contribution in [0.2, 0.25) is 0 Å². The van der Waals surface area contributed by atoms with Crippen LogP contribution in [-0.2, 0) is 10.0 Å². The lowest BCUT2D eigenvalue weighted by molar-refractivity contribution is 0.0927. The average Bonchev–Trinajstić information content (AvgIpc) is 3.12. The lowest BCUT2D eigenvalue weighted by Crippen LogP contribution is -2.34. The number of hydrogen-bond donors (Lipinski definition) is 3. The van der Waals surface area contributed by atoms with E-state index in [1.165, 1.54) is 18.2 Å². The average molecular weight is 496 g/mol. The SMILES string of the molecule is O=C(NCCNC(=O)c1cccc(NS(=O)(=O)c2ccc3c(c2)OCCCO3)c1)c1ccccc1. The molecule has 0 radical (unpaired) electrons. The van der Waals surface area contributed by atoms with E-state index in [9.17, 15) is 18.0 Å². The van der Waals surface area contributed by atoms with Gasteiger partial charge in [-0.3, -0.25) is 14.3 Å². The molecule has 0 saturated carbocycles. The normalized spacial score (nSPS) is 12.8. The van der Waals surface area contributed by atoms with Crippen LogP contribution in [0.15, 0.2) is 77.7 Å². The van der Waals surface area contributed by atoms with Crippen molar-refractivity contribution in [3.05, 3.63) is 83.9 Å². The first-order valence-corrected chi connectivity index (χ1v) is 12.5. The summed E-state index contributed by atoms with van der Waals surface area (Å²) < 4.78 is 39.4. The fraction of sp³-hybridized carbons (Fsp3) is 0.200. The fourth-order valence-corrected chi connectivity index (χ4v) is 4.46. The molecule has 0 atom stereocenters. The lowest BCUT2D eigenvalue weighted by atomic mass is 10.2. The van der Waals surface area contributed by atoms with Crippen LogP contribution in [0.4, 0.5) is 5.69 Å². The number of fused-ring (bicyclic) bond motifs is 1. The van der Waals surface area contributed by atoms with Crippen molar-refractivity contribution in [2.24, 2.45) is 0 Å². The van der Waals surface area contributed by atoms with Crippen molar-refractivity contribution in [3.8, 4) is 11.5 Å². The standard InChI is InChI=1S/C25H25N3O6S/c29-24(18-6-2-1-3-7-18)26-12-13-27-25(30)19-8-4-9-20(16-19)28-35(31,32)21-10-11-22-23(17-21)34-15-5-14-33-22/h1-4,6-11,16-17,28H,5,12-15H2,(H,26,29)(H,27,30). The van der Waals surface area contributed by atoms with Crippen molar-refractivity contribution >= 4 is 27.5 Å². The molecule has 182 valence electrons. The topological polar surface area (TPSA) is 123 Å². The summed E-state index contributed by atoms with van der Waals surface area (Å²) in [5.74, 6) is 0.250. The number of hydrogen-bond acceptors (Lipinski definition) is 6. The van der Waals surface area contributed by atoms with Crippen LogP contribution in [0.3, 0.4) is 0 Å². The molecule has 0 saturated heterocycles. The predicted molar refractivity (Wildman–Crippen MR) is 130 cm³/mol. The Labute approximate surface area is 203 Å². The Kier molecular flexibility index (Phi) is 7.51. The van der Waals surface area contributed by atoms with Gasteiger partial charge in [0.2, 0.25) is 0 Å². The molecule has 1 aliphatic heterocycles. The lowest BCUT2D eigenvalue weighted by Gasteiger charge is -2.12. The van der Waals surface area contributed by atoms with E-state index < -0.39 is 15.9 Å². The highest BCUT2D eigenvalue weighted by Gasteiger charge is 2.19. The molecule has 0 aromatic heterocycles. The van der Waals surface area contributed by atoms with Gasteiger partial charge in [0.05, 0.1) is 18.1 Å². The third-order valence-electron chi connectivity index (χ3n) is 5.14. The Bertz CT molecular complexity index is 1310. The number of benzene rings is 3. The van der Waals surface area contributed by atoms with Gasteiger partial charge in [-0.25, -0.2) is 8.42 Å². The minimum atomic E-state index is -3.92. The molecule has 2 amide bonds. The van der Waals surface area contributed by atoms with Crippen LogP contribution in [0.25, 0.3) is 0 Å². The Morgan fingerprint density at radius 3 is 2.14 bits per heavy atom. The number of anilines is 1. The van der Waals surface area contributed by atoms with Gasteiger partial charge in [0.25, 0.3) is 21.8 Å². The number of rotatable bonds is 8. The molecule has 3 aromatic carbocycles. The zero-order valence-corrected chi connectivity index (χ0v) is 19.6. The van der Waals surface area contributed by atoms with Gasteiger partial charge in [-0.05, 0) is 42.5 Å². The highest BCUT2D eigenvalue weighted by Crippen LogP contribution is 2.32. The second kappa shape index (κ2) is 10.9. The maximum absolute atomic E-state index is 12.9. The number of amides is 2. The van der Waals surface area contributed by atoms with E-state index in [4.69, 9.17) is 9.47 Å². The van der Waals surface area contributed by atoms with Gasteiger partial charge in [-0.1, -0.05) is 24.3 Å². The first kappa shape index (κ1) is 24.1. The quantitative estimate of drug-likeness (QED) is 0.413. The van der Waals surface area contributed by atoms with Crippen molar-refractivity contribution in [2.45, 2.75) is 11.3 Å². The summed E-state index contributed by atoms with van der Waals surface area (Å²) >= 11 is 0. The molecule has 0 fully saturated rings. The van der Waals surface area contributed by atoms with Gasteiger partial charge < -0.3 is 20.1 Å². The summed E-state index contributed by atoms with van der Waals surface area (Å²) in [6, 6.07) is 19.3. The number of sulfonamides is 1. The molecule has 3 aromatic rings. The van der Waals surface area contributed by atoms with Crippen molar-refractivity contribution < 1.29 is 27.5 Å². The fourth-order valence-electron chi connectivity index (χ4n) is 3.39. The molecule has 1 heterocycles. The molecule has 10 heteroatoms. The monoisotopic (exact) mass is 495 g/mol. The molecule has 0 spiro atoms. The van der Waals surface area contributed by atoms with Crippen molar-refractivity contribution in [2.75, 3.05) is 31.0 Å². The van der Waals surface area contributed by atoms with Crippen molar-refractivity contribution in [1.82, 2.24) is 10.6 Å². The second-order valence-corrected chi connectivity index (χ2v) is 9.41. The molecule has 9 nitrogen and oxygen atoms in total. The first-order chi connectivity index (χ1) is 16.9. The number of carbonyl (C=O) groups excluding carboxylic acids is 2. The Morgan fingerprint density at radius 1 is 0.743 bits per heavy atom. The third kappa shape index (κ3) is 6.30. The zero-order chi connectivity index (χ0) is 24.7. The summed E-state index contributed by atoms with van der Waals surface area (Å²) in [6.07, 6.45) is 0.712. The van der Waals surface area contributed by atoms with Gasteiger partial charge in [-0.15, -0.1) is 0 Å². The smallest absolute Gasteiger partial charge is 0.262 e. The number of ether oxygens (including phenoxy) is 2. The summed E-state index contributed by atoms with van der Waals surface area (Å²) in [4.78, 5) is 24.6. The summed E-state index contributed by atoms with van der Waals surface area (Å²) in [6.45, 7) is 1.41. The largest absolute Gasteiger partial charge is 0.490 e. The molecule has 35 heavy (non-hydrogen) atoms. The molecular formula is C25H25N3O6S. The van der Waals surface area contributed by atoms with Crippen LogP contribution in [0.5, 0.6) is 11.5 Å². The maximum Gasteiger partial charge on any atom is 0.262 e. The summed E-state index contributed by atoms with van der Waals surface area (Å²) in [5.41, 5.74) is 1.05. The van der Waals surface area contributed by atoms with Crippen molar-refractivity contribution in [1.29, 1.82) is 0 Å². The Hall–Kier alpha value is -4.05. The van der Waals surface area contributed by atoms with E-state index >= 15 is 0 Å². The molecule has 0 bridgehead atoms. The third-order valence-corrected chi connectivity index (χ3v) is 6.52. The van der Waals surface area contributed by atoms with E-state index in [1.807, 2.05) is 6.07 Å². The molecular weight excluding hydrogens is 470 g/mol. The summed E-state index contributed by atoms with van der Waals surface area (Å²) in [7, 11) is -3.92. The molecule has 3 N–H and O–H groups in total. The molecule has 4 rings (SSSR count). The predicted octanol–water partition coefficient (Wildman–Crippen LogP) is 2.81. The molecule has 0 unspecified atom stereocenters. The zero-order valence-electron chi connectivity index (χ0n) is 18.8. The van der Waals surface area contributed by atoms with Crippen LogP contribution in [0.1, 0.15) is 27.1 Å². The van der Waals surface area contributed by atoms with E-state index in [1.54, 1.807) is 48.5 Å². The highest BCUT2D eigenvalue weighted by atomic mass is 32.2. The van der Waals surface area contributed by atoms with E-state index in [0.29, 0.717) is 36.7 Å². The molecule has 1 aliphatic rings.